The second-order valence-electron chi connectivity index (χ2n) is 2.88. The Morgan fingerprint density at radius 3 is 3.00 bits per heavy atom. The van der Waals surface area contributed by atoms with E-state index in [1.54, 1.807) is 0 Å². The first-order chi connectivity index (χ1) is 5.79. The minimum atomic E-state index is -0.774. The maximum absolute atomic E-state index is 11.6. The third kappa shape index (κ3) is 1.36. The molecule has 2 rings (SSSR count). The molecule has 1 heterocycles. The SMILES string of the molecule is O=S1CCCc2cccc(Br)c21. The van der Waals surface area contributed by atoms with Crippen molar-refractivity contribution in [3.8, 4) is 0 Å². The Hall–Kier alpha value is -0.150. The van der Waals surface area contributed by atoms with Crippen molar-refractivity contribution in [3.05, 3.63) is 28.2 Å². The fraction of sp³-hybridized carbons (Fsp3) is 0.333. The van der Waals surface area contributed by atoms with Gasteiger partial charge in [-0.3, -0.25) is 4.21 Å². The molecule has 0 spiro atoms. The molecule has 0 aromatic heterocycles. The highest BCUT2D eigenvalue weighted by molar-refractivity contribution is 9.10. The quantitative estimate of drug-likeness (QED) is 0.686. The number of rotatable bonds is 0. The predicted octanol–water partition coefficient (Wildman–Crippen LogP) is 2.50. The first-order valence-electron chi connectivity index (χ1n) is 3.95. The van der Waals surface area contributed by atoms with Crippen LogP contribution in [0.15, 0.2) is 27.6 Å². The predicted molar refractivity (Wildman–Crippen MR) is 53.7 cm³/mol. The fourth-order valence-corrected chi connectivity index (χ4v) is 3.81. The lowest BCUT2D eigenvalue weighted by molar-refractivity contribution is 0.673. The third-order valence-electron chi connectivity index (χ3n) is 2.05. The van der Waals surface area contributed by atoms with Gasteiger partial charge in [0.05, 0.1) is 15.7 Å². The Morgan fingerprint density at radius 2 is 2.25 bits per heavy atom. The van der Waals surface area contributed by atoms with Crippen LogP contribution < -0.4 is 0 Å². The molecule has 1 nitrogen and oxygen atoms in total. The molecule has 0 fully saturated rings. The molecule has 0 radical (unpaired) electrons. The Bertz CT molecular complexity index is 335. The monoisotopic (exact) mass is 244 g/mol. The average Bonchev–Trinajstić information content (AvgIpc) is 2.04. The van der Waals surface area contributed by atoms with Crippen molar-refractivity contribution in [2.45, 2.75) is 17.7 Å². The smallest absolute Gasteiger partial charge is 0.0562 e. The van der Waals surface area contributed by atoms with Crippen LogP contribution in [0.1, 0.15) is 12.0 Å². The van der Waals surface area contributed by atoms with E-state index in [1.165, 1.54) is 5.56 Å². The third-order valence-corrected chi connectivity index (χ3v) is 4.57. The van der Waals surface area contributed by atoms with Crippen LogP contribution in [0.25, 0.3) is 0 Å². The van der Waals surface area contributed by atoms with Crippen LogP contribution in [-0.2, 0) is 17.2 Å². The van der Waals surface area contributed by atoms with Crippen LogP contribution in [0.2, 0.25) is 0 Å². The standard InChI is InChI=1S/C9H9BrOS/c10-8-5-1-3-7-4-2-6-12(11)9(7)8/h1,3,5H,2,4,6H2. The second-order valence-corrected chi connectivity index (χ2v) is 5.24. The number of aryl methyl sites for hydroxylation is 1. The van der Waals surface area contributed by atoms with E-state index in [9.17, 15) is 4.21 Å². The number of hydrogen-bond donors (Lipinski definition) is 0. The van der Waals surface area contributed by atoms with Gasteiger partial charge in [-0.15, -0.1) is 0 Å². The van der Waals surface area contributed by atoms with Crippen molar-refractivity contribution < 1.29 is 4.21 Å². The molecular formula is C9H9BrOS. The number of benzene rings is 1. The summed E-state index contributed by atoms with van der Waals surface area (Å²) in [6.45, 7) is 0. The van der Waals surface area contributed by atoms with E-state index in [1.807, 2.05) is 12.1 Å². The second kappa shape index (κ2) is 3.30. The van der Waals surface area contributed by atoms with Gasteiger partial charge in [0.1, 0.15) is 0 Å². The highest BCUT2D eigenvalue weighted by Crippen LogP contribution is 2.28. The van der Waals surface area contributed by atoms with Gasteiger partial charge in [-0.05, 0) is 40.4 Å². The summed E-state index contributed by atoms with van der Waals surface area (Å²) in [5.74, 6) is 0.815. The zero-order valence-electron chi connectivity index (χ0n) is 6.55. The summed E-state index contributed by atoms with van der Waals surface area (Å²) in [4.78, 5) is 1.02. The largest absolute Gasteiger partial charge is 0.254 e. The minimum absolute atomic E-state index is 0.774. The van der Waals surface area contributed by atoms with Crippen molar-refractivity contribution in [1.82, 2.24) is 0 Å². The van der Waals surface area contributed by atoms with E-state index < -0.39 is 10.8 Å². The Labute approximate surface area is 82.8 Å². The van der Waals surface area contributed by atoms with Crippen molar-refractivity contribution in [2.75, 3.05) is 5.75 Å². The first-order valence-corrected chi connectivity index (χ1v) is 6.06. The lowest BCUT2D eigenvalue weighted by Gasteiger charge is -2.15. The van der Waals surface area contributed by atoms with Gasteiger partial charge in [0.25, 0.3) is 0 Å². The molecule has 0 bridgehead atoms. The molecule has 0 N–H and O–H groups in total. The molecule has 12 heavy (non-hydrogen) atoms. The lowest BCUT2D eigenvalue weighted by Crippen LogP contribution is -2.10. The van der Waals surface area contributed by atoms with Gasteiger partial charge in [-0.1, -0.05) is 12.1 Å². The van der Waals surface area contributed by atoms with Gasteiger partial charge >= 0.3 is 0 Å². The summed E-state index contributed by atoms with van der Waals surface area (Å²) >= 11 is 3.43. The highest BCUT2D eigenvalue weighted by Gasteiger charge is 2.17. The van der Waals surface area contributed by atoms with Crippen molar-refractivity contribution in [2.24, 2.45) is 0 Å². The van der Waals surface area contributed by atoms with Crippen LogP contribution in [-0.4, -0.2) is 9.96 Å². The van der Waals surface area contributed by atoms with E-state index >= 15 is 0 Å². The fourth-order valence-electron chi connectivity index (χ4n) is 1.50. The topological polar surface area (TPSA) is 17.1 Å². The molecule has 0 aliphatic carbocycles. The summed E-state index contributed by atoms with van der Waals surface area (Å²) in [6.07, 6.45) is 2.12. The molecule has 1 aromatic carbocycles. The summed E-state index contributed by atoms with van der Waals surface area (Å²) in [5.41, 5.74) is 1.24. The maximum atomic E-state index is 11.6. The maximum Gasteiger partial charge on any atom is 0.0562 e. The molecule has 0 saturated carbocycles. The lowest BCUT2D eigenvalue weighted by atomic mass is 10.1. The summed E-state index contributed by atoms with van der Waals surface area (Å²) < 4.78 is 12.6. The Morgan fingerprint density at radius 1 is 1.42 bits per heavy atom. The van der Waals surface area contributed by atoms with Crippen molar-refractivity contribution >= 4 is 26.7 Å². The van der Waals surface area contributed by atoms with Crippen molar-refractivity contribution in [3.63, 3.8) is 0 Å². The molecule has 1 unspecified atom stereocenters. The number of halogens is 1. The number of hydrogen-bond acceptors (Lipinski definition) is 1. The average molecular weight is 245 g/mol. The van der Waals surface area contributed by atoms with E-state index in [-0.39, 0.29) is 0 Å². The van der Waals surface area contributed by atoms with E-state index in [0.717, 1.165) is 28.0 Å². The zero-order chi connectivity index (χ0) is 8.55. The molecule has 0 saturated heterocycles. The zero-order valence-corrected chi connectivity index (χ0v) is 8.95. The van der Waals surface area contributed by atoms with Crippen molar-refractivity contribution in [1.29, 1.82) is 0 Å². The number of fused-ring (bicyclic) bond motifs is 1. The van der Waals surface area contributed by atoms with E-state index in [2.05, 4.69) is 22.0 Å². The summed E-state index contributed by atoms with van der Waals surface area (Å²) in [7, 11) is -0.774. The first kappa shape index (κ1) is 8.45. The Balaban J connectivity index is 2.60. The molecule has 1 aliphatic rings. The van der Waals surface area contributed by atoms with Gasteiger partial charge in [0.15, 0.2) is 0 Å². The van der Waals surface area contributed by atoms with Gasteiger partial charge in [-0.2, -0.15) is 0 Å². The van der Waals surface area contributed by atoms with Gasteiger partial charge in [-0.25, -0.2) is 0 Å². The van der Waals surface area contributed by atoms with E-state index in [0.29, 0.717) is 0 Å². The Kier molecular flexibility index (Phi) is 2.33. The van der Waals surface area contributed by atoms with Gasteiger partial charge in [0, 0.05) is 10.2 Å². The summed E-state index contributed by atoms with van der Waals surface area (Å²) in [6, 6.07) is 6.03. The van der Waals surface area contributed by atoms with Crippen LogP contribution in [0.4, 0.5) is 0 Å². The molecule has 1 atom stereocenters. The highest BCUT2D eigenvalue weighted by atomic mass is 79.9. The minimum Gasteiger partial charge on any atom is -0.254 e. The van der Waals surface area contributed by atoms with Gasteiger partial charge in [0.2, 0.25) is 0 Å². The van der Waals surface area contributed by atoms with Crippen LogP contribution in [0, 0.1) is 0 Å². The molecule has 1 aliphatic heterocycles. The van der Waals surface area contributed by atoms with Crippen LogP contribution >= 0.6 is 15.9 Å². The van der Waals surface area contributed by atoms with Gasteiger partial charge < -0.3 is 0 Å². The molecule has 3 heteroatoms. The van der Waals surface area contributed by atoms with Crippen LogP contribution in [0.5, 0.6) is 0 Å². The van der Waals surface area contributed by atoms with E-state index in [4.69, 9.17) is 0 Å². The molecule has 0 amide bonds. The summed E-state index contributed by atoms with van der Waals surface area (Å²) in [5, 5.41) is 0. The molecule has 64 valence electrons. The van der Waals surface area contributed by atoms with Crippen LogP contribution in [0.3, 0.4) is 0 Å². The molecule has 1 aromatic rings. The normalized spacial score (nSPS) is 21.9. The molecular weight excluding hydrogens is 236 g/mol.